The number of nitrogens with zero attached hydrogens (tertiary/aromatic N) is 2. The van der Waals surface area contributed by atoms with Crippen molar-refractivity contribution in [1.82, 2.24) is 10.3 Å². The molecule has 1 saturated heterocycles. The third-order valence-corrected chi connectivity index (χ3v) is 4.23. The van der Waals surface area contributed by atoms with E-state index >= 15 is 0 Å². The second kappa shape index (κ2) is 5.38. The van der Waals surface area contributed by atoms with Crippen LogP contribution in [0.3, 0.4) is 0 Å². The van der Waals surface area contributed by atoms with Gasteiger partial charge in [-0.05, 0) is 34.6 Å². The zero-order valence-corrected chi connectivity index (χ0v) is 13.4. The summed E-state index contributed by atoms with van der Waals surface area (Å²) < 4.78 is 5.56. The van der Waals surface area contributed by atoms with Gasteiger partial charge in [-0.3, -0.25) is 0 Å². The van der Waals surface area contributed by atoms with Crippen molar-refractivity contribution in [2.75, 3.05) is 24.7 Å². The zero-order chi connectivity index (χ0) is 14.1. The van der Waals surface area contributed by atoms with Crippen LogP contribution in [-0.2, 0) is 11.3 Å². The van der Waals surface area contributed by atoms with Crippen molar-refractivity contribution >= 4 is 16.5 Å². The van der Waals surface area contributed by atoms with Crippen LogP contribution in [0, 0.1) is 0 Å². The number of hydrogen-bond acceptors (Lipinski definition) is 5. The Hall–Kier alpha value is -0.650. The average Bonchev–Trinajstić information content (AvgIpc) is 2.73. The van der Waals surface area contributed by atoms with Crippen LogP contribution in [-0.4, -0.2) is 35.8 Å². The Bertz CT molecular complexity index is 423. The van der Waals surface area contributed by atoms with Gasteiger partial charge in [-0.2, -0.15) is 0 Å². The number of ether oxygens (including phenoxy) is 1. The first-order chi connectivity index (χ1) is 8.78. The van der Waals surface area contributed by atoms with Crippen molar-refractivity contribution in [2.45, 2.75) is 52.2 Å². The van der Waals surface area contributed by atoms with Crippen molar-refractivity contribution in [3.63, 3.8) is 0 Å². The first-order valence-electron chi connectivity index (χ1n) is 6.83. The zero-order valence-electron chi connectivity index (χ0n) is 12.6. The summed E-state index contributed by atoms with van der Waals surface area (Å²) in [4.78, 5) is 8.23. The fourth-order valence-electron chi connectivity index (χ4n) is 2.07. The lowest BCUT2D eigenvalue weighted by Crippen LogP contribution is -2.53. The summed E-state index contributed by atoms with van der Waals surface area (Å²) in [6.45, 7) is 14.3. The molecule has 0 unspecified atom stereocenters. The fraction of sp³-hybridized carbons (Fsp3) is 0.786. The van der Waals surface area contributed by atoms with Gasteiger partial charge in [0, 0.05) is 29.7 Å². The Labute approximate surface area is 120 Å². The number of anilines is 1. The molecule has 1 aromatic heterocycles. The molecule has 0 bridgehead atoms. The van der Waals surface area contributed by atoms with E-state index < -0.39 is 0 Å². The summed E-state index contributed by atoms with van der Waals surface area (Å²) in [5.41, 5.74) is 0.174. The number of rotatable bonds is 3. The molecule has 108 valence electrons. The van der Waals surface area contributed by atoms with Gasteiger partial charge in [0.05, 0.1) is 18.8 Å². The SMILES string of the molecule is CC(C)(C)NCc1cnc(N2CCOCC2(C)C)s1. The highest BCUT2D eigenvalue weighted by Gasteiger charge is 2.32. The molecular weight excluding hydrogens is 258 g/mol. The highest BCUT2D eigenvalue weighted by Crippen LogP contribution is 2.30. The number of nitrogens with one attached hydrogen (secondary N) is 1. The number of morpholine rings is 1. The predicted molar refractivity (Wildman–Crippen MR) is 81.0 cm³/mol. The molecule has 1 aliphatic rings. The van der Waals surface area contributed by atoms with E-state index in [-0.39, 0.29) is 11.1 Å². The highest BCUT2D eigenvalue weighted by molar-refractivity contribution is 7.15. The Balaban J connectivity index is 2.04. The van der Waals surface area contributed by atoms with Gasteiger partial charge in [0.2, 0.25) is 0 Å². The van der Waals surface area contributed by atoms with E-state index in [2.05, 4.69) is 49.8 Å². The molecule has 1 fully saturated rings. The Morgan fingerprint density at radius 2 is 2.21 bits per heavy atom. The Morgan fingerprint density at radius 3 is 2.84 bits per heavy atom. The first kappa shape index (κ1) is 14.8. The van der Waals surface area contributed by atoms with E-state index in [4.69, 9.17) is 4.74 Å². The van der Waals surface area contributed by atoms with Crippen LogP contribution in [0.25, 0.3) is 0 Å². The van der Waals surface area contributed by atoms with Crippen LogP contribution in [0.5, 0.6) is 0 Å². The second-order valence-electron chi connectivity index (χ2n) is 6.73. The topological polar surface area (TPSA) is 37.4 Å². The first-order valence-corrected chi connectivity index (χ1v) is 7.65. The molecule has 0 aliphatic carbocycles. The minimum absolute atomic E-state index is 0.0326. The molecule has 0 atom stereocenters. The van der Waals surface area contributed by atoms with Crippen LogP contribution in [0.4, 0.5) is 5.13 Å². The van der Waals surface area contributed by atoms with E-state index in [1.54, 1.807) is 11.3 Å². The largest absolute Gasteiger partial charge is 0.377 e. The van der Waals surface area contributed by atoms with Gasteiger partial charge < -0.3 is 15.0 Å². The van der Waals surface area contributed by atoms with Crippen molar-refractivity contribution in [3.05, 3.63) is 11.1 Å². The number of aromatic nitrogens is 1. The summed E-state index contributed by atoms with van der Waals surface area (Å²) in [6, 6.07) is 0. The van der Waals surface area contributed by atoms with E-state index in [0.29, 0.717) is 0 Å². The highest BCUT2D eigenvalue weighted by atomic mass is 32.1. The molecule has 1 aromatic rings. The van der Waals surface area contributed by atoms with Crippen molar-refractivity contribution in [3.8, 4) is 0 Å². The average molecular weight is 283 g/mol. The third kappa shape index (κ3) is 3.91. The summed E-state index contributed by atoms with van der Waals surface area (Å²) in [7, 11) is 0. The lowest BCUT2D eigenvalue weighted by molar-refractivity contribution is 0.0644. The molecule has 0 amide bonds. The second-order valence-corrected chi connectivity index (χ2v) is 7.82. The van der Waals surface area contributed by atoms with Gasteiger partial charge in [-0.25, -0.2) is 4.98 Å². The molecule has 2 heterocycles. The van der Waals surface area contributed by atoms with Crippen molar-refractivity contribution in [2.24, 2.45) is 0 Å². The number of thiazole rings is 1. The lowest BCUT2D eigenvalue weighted by atomic mass is 10.0. The third-order valence-electron chi connectivity index (χ3n) is 3.21. The predicted octanol–water partition coefficient (Wildman–Crippen LogP) is 2.65. The maximum Gasteiger partial charge on any atom is 0.186 e. The Morgan fingerprint density at radius 1 is 1.47 bits per heavy atom. The van der Waals surface area contributed by atoms with Crippen molar-refractivity contribution < 1.29 is 4.74 Å². The minimum Gasteiger partial charge on any atom is -0.377 e. The van der Waals surface area contributed by atoms with Gasteiger partial charge in [0.25, 0.3) is 0 Å². The normalized spacial score (nSPS) is 19.7. The van der Waals surface area contributed by atoms with E-state index in [1.807, 2.05) is 6.20 Å². The molecule has 19 heavy (non-hydrogen) atoms. The Kier molecular flexibility index (Phi) is 4.18. The molecule has 5 heteroatoms. The van der Waals surface area contributed by atoms with E-state index in [0.717, 1.165) is 31.4 Å². The maximum absolute atomic E-state index is 5.56. The molecule has 0 aromatic carbocycles. The van der Waals surface area contributed by atoms with E-state index in [9.17, 15) is 0 Å². The van der Waals surface area contributed by atoms with Gasteiger partial charge in [-0.1, -0.05) is 0 Å². The molecule has 4 nitrogen and oxygen atoms in total. The molecule has 2 rings (SSSR count). The van der Waals surface area contributed by atoms with Crippen LogP contribution in [0.15, 0.2) is 6.20 Å². The summed E-state index contributed by atoms with van der Waals surface area (Å²) >= 11 is 1.78. The lowest BCUT2D eigenvalue weighted by Gasteiger charge is -2.42. The molecular formula is C14H25N3OS. The van der Waals surface area contributed by atoms with Crippen LogP contribution >= 0.6 is 11.3 Å². The van der Waals surface area contributed by atoms with Gasteiger partial charge >= 0.3 is 0 Å². The smallest absolute Gasteiger partial charge is 0.186 e. The molecule has 0 spiro atoms. The molecule has 1 N–H and O–H groups in total. The monoisotopic (exact) mass is 283 g/mol. The van der Waals surface area contributed by atoms with Crippen LogP contribution in [0.1, 0.15) is 39.5 Å². The van der Waals surface area contributed by atoms with Gasteiger partial charge in [0.15, 0.2) is 5.13 Å². The number of hydrogen-bond donors (Lipinski definition) is 1. The minimum atomic E-state index is 0.0326. The van der Waals surface area contributed by atoms with Crippen LogP contribution < -0.4 is 10.2 Å². The summed E-state index contributed by atoms with van der Waals surface area (Å²) in [5.74, 6) is 0. The molecule has 0 radical (unpaired) electrons. The standard InChI is InChI=1S/C14H25N3OS/c1-13(2,3)16-9-11-8-15-12(19-11)17-6-7-18-10-14(17,4)5/h8,16H,6-7,9-10H2,1-5H3. The fourth-order valence-corrected chi connectivity index (χ4v) is 3.11. The molecule has 1 aliphatic heterocycles. The summed E-state index contributed by atoms with van der Waals surface area (Å²) in [5, 5.41) is 4.61. The van der Waals surface area contributed by atoms with Gasteiger partial charge in [-0.15, -0.1) is 11.3 Å². The maximum atomic E-state index is 5.56. The quantitative estimate of drug-likeness (QED) is 0.925. The molecule has 0 saturated carbocycles. The van der Waals surface area contributed by atoms with Gasteiger partial charge in [0.1, 0.15) is 0 Å². The summed E-state index contributed by atoms with van der Waals surface area (Å²) in [6.07, 6.45) is 1.99. The van der Waals surface area contributed by atoms with Crippen molar-refractivity contribution in [1.29, 1.82) is 0 Å². The van der Waals surface area contributed by atoms with Crippen LogP contribution in [0.2, 0.25) is 0 Å². The van der Waals surface area contributed by atoms with E-state index in [1.165, 1.54) is 4.88 Å².